The third kappa shape index (κ3) is 3.71. The van der Waals surface area contributed by atoms with Crippen molar-refractivity contribution in [3.8, 4) is 0 Å². The summed E-state index contributed by atoms with van der Waals surface area (Å²) in [7, 11) is -3.07. The van der Waals surface area contributed by atoms with E-state index in [4.69, 9.17) is 4.74 Å². The van der Waals surface area contributed by atoms with Gasteiger partial charge in [0.2, 0.25) is 5.91 Å². The van der Waals surface area contributed by atoms with E-state index in [1.54, 1.807) is 0 Å². The number of ether oxygens (including phenoxy) is 1. The molecule has 9 heteroatoms. The number of nitrogens with one attached hydrogen (secondary N) is 2. The minimum absolute atomic E-state index is 0.0147. The number of rotatable bonds is 4. The molecular formula is C19H26N2O5S2. The maximum Gasteiger partial charge on any atom is 0.254 e. The van der Waals surface area contributed by atoms with Crippen LogP contribution in [-0.4, -0.2) is 51.0 Å². The molecule has 2 unspecified atom stereocenters. The fourth-order valence-corrected chi connectivity index (χ4v) is 7.12. The molecule has 154 valence electrons. The molecule has 7 nitrogen and oxygen atoms in total. The third-order valence-electron chi connectivity index (χ3n) is 5.92. The van der Waals surface area contributed by atoms with E-state index in [2.05, 4.69) is 17.6 Å². The molecule has 2 saturated heterocycles. The van der Waals surface area contributed by atoms with Crippen molar-refractivity contribution in [3.63, 3.8) is 0 Å². The molecule has 2 N–H and O–H groups in total. The van der Waals surface area contributed by atoms with Gasteiger partial charge in [-0.2, -0.15) is 0 Å². The second kappa shape index (κ2) is 7.11. The highest BCUT2D eigenvalue weighted by Gasteiger charge is 2.42. The lowest BCUT2D eigenvalue weighted by Gasteiger charge is -2.36. The van der Waals surface area contributed by atoms with Crippen molar-refractivity contribution < 1.29 is 22.7 Å². The second-order valence-corrected chi connectivity index (χ2v) is 12.0. The van der Waals surface area contributed by atoms with E-state index >= 15 is 0 Å². The van der Waals surface area contributed by atoms with Crippen molar-refractivity contribution in [3.05, 3.63) is 16.0 Å². The smallest absolute Gasteiger partial charge is 0.254 e. The van der Waals surface area contributed by atoms with Gasteiger partial charge in [0.05, 0.1) is 35.7 Å². The van der Waals surface area contributed by atoms with E-state index in [1.807, 2.05) is 6.92 Å². The standard InChI is InChI=1S/C19H26N2O5S2/c1-11-3-4-13-14(7-11)27-17(21-18(23)19(2)9-26-10-19)15(13)16(22)20-12-5-6-28(24,25)8-12/h11-12H,3-10H2,1-2H3,(H,20,22)(H,21,23). The molecule has 0 saturated carbocycles. The van der Waals surface area contributed by atoms with Gasteiger partial charge >= 0.3 is 0 Å². The molecule has 2 atom stereocenters. The van der Waals surface area contributed by atoms with Crippen LogP contribution in [0.2, 0.25) is 0 Å². The fraction of sp³-hybridized carbons (Fsp3) is 0.684. The van der Waals surface area contributed by atoms with Gasteiger partial charge in [0, 0.05) is 10.9 Å². The zero-order valence-corrected chi connectivity index (χ0v) is 17.8. The quantitative estimate of drug-likeness (QED) is 0.764. The molecule has 28 heavy (non-hydrogen) atoms. The lowest BCUT2D eigenvalue weighted by molar-refractivity contribution is -0.151. The molecule has 2 fully saturated rings. The highest BCUT2D eigenvalue weighted by molar-refractivity contribution is 7.91. The van der Waals surface area contributed by atoms with Crippen molar-refractivity contribution in [2.45, 2.75) is 45.6 Å². The Balaban J connectivity index is 1.60. The molecule has 1 aromatic rings. The monoisotopic (exact) mass is 426 g/mol. The first kappa shape index (κ1) is 19.8. The predicted molar refractivity (Wildman–Crippen MR) is 108 cm³/mol. The van der Waals surface area contributed by atoms with E-state index in [9.17, 15) is 18.0 Å². The van der Waals surface area contributed by atoms with Crippen LogP contribution < -0.4 is 10.6 Å². The molecule has 2 aliphatic heterocycles. The van der Waals surface area contributed by atoms with Crippen molar-refractivity contribution >= 4 is 38.0 Å². The maximum atomic E-state index is 13.1. The molecular weight excluding hydrogens is 400 g/mol. The zero-order chi connectivity index (χ0) is 20.1. The van der Waals surface area contributed by atoms with E-state index in [0.717, 1.165) is 29.7 Å². The summed E-state index contributed by atoms with van der Waals surface area (Å²) < 4.78 is 28.6. The van der Waals surface area contributed by atoms with Crippen LogP contribution in [0.4, 0.5) is 5.00 Å². The van der Waals surface area contributed by atoms with Crippen LogP contribution in [0.3, 0.4) is 0 Å². The van der Waals surface area contributed by atoms with Gasteiger partial charge < -0.3 is 15.4 Å². The molecule has 1 aromatic heterocycles. The number of sulfone groups is 1. The van der Waals surface area contributed by atoms with Crippen LogP contribution in [0, 0.1) is 11.3 Å². The fourth-order valence-electron chi connectivity index (χ4n) is 4.04. The van der Waals surface area contributed by atoms with Gasteiger partial charge in [-0.05, 0) is 44.1 Å². The first-order valence-corrected chi connectivity index (χ1v) is 12.4. The highest BCUT2D eigenvalue weighted by Crippen LogP contribution is 2.41. The average molecular weight is 427 g/mol. The zero-order valence-electron chi connectivity index (χ0n) is 16.2. The first-order valence-electron chi connectivity index (χ1n) is 9.72. The molecule has 0 bridgehead atoms. The van der Waals surface area contributed by atoms with Crippen LogP contribution in [0.1, 0.15) is 47.5 Å². The maximum absolute atomic E-state index is 13.1. The van der Waals surface area contributed by atoms with Crippen molar-refractivity contribution in [1.29, 1.82) is 0 Å². The molecule has 3 heterocycles. The summed E-state index contributed by atoms with van der Waals surface area (Å²) in [5, 5.41) is 6.44. The number of amides is 2. The van der Waals surface area contributed by atoms with Crippen LogP contribution in [0.15, 0.2) is 0 Å². The van der Waals surface area contributed by atoms with E-state index in [0.29, 0.717) is 36.1 Å². The average Bonchev–Trinajstić information content (AvgIpc) is 3.10. The summed E-state index contributed by atoms with van der Waals surface area (Å²) in [6.45, 7) is 4.80. The van der Waals surface area contributed by atoms with Gasteiger partial charge in [-0.15, -0.1) is 11.3 Å². The Morgan fingerprint density at radius 2 is 2.00 bits per heavy atom. The van der Waals surface area contributed by atoms with Gasteiger partial charge in [-0.25, -0.2) is 8.42 Å². The number of fused-ring (bicyclic) bond motifs is 1. The summed E-state index contributed by atoms with van der Waals surface area (Å²) in [5.41, 5.74) is 0.964. The topological polar surface area (TPSA) is 102 Å². The van der Waals surface area contributed by atoms with Crippen LogP contribution in [0.25, 0.3) is 0 Å². The van der Waals surface area contributed by atoms with Gasteiger partial charge in [0.25, 0.3) is 5.91 Å². The largest absolute Gasteiger partial charge is 0.379 e. The number of carbonyl (C=O) groups is 2. The number of hydrogen-bond acceptors (Lipinski definition) is 6. The Kier molecular flexibility index (Phi) is 5.04. The number of carbonyl (C=O) groups excluding carboxylic acids is 2. The summed E-state index contributed by atoms with van der Waals surface area (Å²) >= 11 is 1.48. The van der Waals surface area contributed by atoms with Crippen LogP contribution >= 0.6 is 11.3 Å². The summed E-state index contributed by atoms with van der Waals surface area (Å²) in [4.78, 5) is 26.9. The Hall–Kier alpha value is -1.45. The van der Waals surface area contributed by atoms with E-state index < -0.39 is 15.3 Å². The molecule has 3 aliphatic rings. The SMILES string of the molecule is CC1CCc2c(sc(NC(=O)C3(C)COC3)c2C(=O)NC2CCS(=O)(=O)C2)C1. The Morgan fingerprint density at radius 1 is 1.25 bits per heavy atom. The molecule has 0 radical (unpaired) electrons. The Bertz CT molecular complexity index is 917. The molecule has 0 aromatic carbocycles. The van der Waals surface area contributed by atoms with E-state index in [1.165, 1.54) is 11.3 Å². The summed E-state index contributed by atoms with van der Waals surface area (Å²) in [6.07, 6.45) is 3.14. The summed E-state index contributed by atoms with van der Waals surface area (Å²) in [5.74, 6) is 0.226. The second-order valence-electron chi connectivity index (χ2n) is 8.64. The lowest BCUT2D eigenvalue weighted by Crippen LogP contribution is -2.49. The molecule has 2 amide bonds. The lowest BCUT2D eigenvalue weighted by atomic mass is 9.87. The van der Waals surface area contributed by atoms with Gasteiger partial charge in [-0.1, -0.05) is 6.92 Å². The van der Waals surface area contributed by atoms with E-state index in [-0.39, 0.29) is 29.4 Å². The third-order valence-corrected chi connectivity index (χ3v) is 8.86. The Labute approximate surface area is 169 Å². The van der Waals surface area contributed by atoms with Crippen LogP contribution in [0.5, 0.6) is 0 Å². The molecule has 4 rings (SSSR count). The van der Waals surface area contributed by atoms with Gasteiger partial charge in [0.15, 0.2) is 9.84 Å². The number of hydrogen-bond donors (Lipinski definition) is 2. The van der Waals surface area contributed by atoms with Crippen LogP contribution in [-0.2, 0) is 32.2 Å². The van der Waals surface area contributed by atoms with Gasteiger partial charge in [0.1, 0.15) is 5.00 Å². The minimum Gasteiger partial charge on any atom is -0.379 e. The summed E-state index contributed by atoms with van der Waals surface area (Å²) in [6, 6.07) is -0.364. The first-order chi connectivity index (χ1) is 13.2. The molecule has 1 aliphatic carbocycles. The Morgan fingerprint density at radius 3 is 2.61 bits per heavy atom. The minimum atomic E-state index is -3.07. The predicted octanol–water partition coefficient (Wildman–Crippen LogP) is 1.76. The normalized spacial score (nSPS) is 27.5. The highest BCUT2D eigenvalue weighted by atomic mass is 32.2. The van der Waals surface area contributed by atoms with Crippen molar-refractivity contribution in [2.24, 2.45) is 11.3 Å². The van der Waals surface area contributed by atoms with Crippen molar-refractivity contribution in [2.75, 3.05) is 30.0 Å². The van der Waals surface area contributed by atoms with Gasteiger partial charge in [-0.3, -0.25) is 9.59 Å². The number of anilines is 1. The van der Waals surface area contributed by atoms with Crippen molar-refractivity contribution in [1.82, 2.24) is 5.32 Å². The molecule has 0 spiro atoms. The number of thiophene rings is 1.